The highest BCUT2D eigenvalue weighted by atomic mass is 16.5. The van der Waals surface area contributed by atoms with Crippen molar-refractivity contribution in [1.29, 1.82) is 0 Å². The van der Waals surface area contributed by atoms with Gasteiger partial charge < -0.3 is 20.5 Å². The summed E-state index contributed by atoms with van der Waals surface area (Å²) in [6, 6.07) is 22.5. The van der Waals surface area contributed by atoms with Gasteiger partial charge in [-0.3, -0.25) is 14.4 Å². The van der Waals surface area contributed by atoms with Crippen molar-refractivity contribution in [1.82, 2.24) is 10.7 Å². The van der Waals surface area contributed by atoms with Gasteiger partial charge in [0.1, 0.15) is 0 Å². The number of rotatable bonds is 12. The van der Waals surface area contributed by atoms with E-state index in [2.05, 4.69) is 15.8 Å². The van der Waals surface area contributed by atoms with Gasteiger partial charge in [0.2, 0.25) is 5.91 Å². The van der Waals surface area contributed by atoms with E-state index >= 15 is 0 Å². The van der Waals surface area contributed by atoms with Gasteiger partial charge in [-0.15, -0.1) is 0 Å². The zero-order valence-electron chi connectivity index (χ0n) is 19.8. The maximum Gasteiger partial charge on any atom is 0.255 e. The Morgan fingerprint density at radius 1 is 0.944 bits per heavy atom. The fourth-order valence-electron chi connectivity index (χ4n) is 3.32. The van der Waals surface area contributed by atoms with E-state index in [4.69, 9.17) is 15.2 Å². The maximum absolute atomic E-state index is 12.7. The van der Waals surface area contributed by atoms with E-state index in [1.165, 1.54) is 6.21 Å². The van der Waals surface area contributed by atoms with Crippen LogP contribution in [0.15, 0.2) is 84.0 Å². The highest BCUT2D eigenvalue weighted by molar-refractivity contribution is 5.94. The van der Waals surface area contributed by atoms with Crippen LogP contribution in [0.5, 0.6) is 11.5 Å². The largest absolute Gasteiger partial charge is 0.490 e. The first kappa shape index (κ1) is 26.0. The molecule has 36 heavy (non-hydrogen) atoms. The summed E-state index contributed by atoms with van der Waals surface area (Å²) in [5.74, 6) is -0.458. The molecule has 0 fully saturated rings. The Morgan fingerprint density at radius 2 is 1.64 bits per heavy atom. The van der Waals surface area contributed by atoms with Crippen molar-refractivity contribution in [2.24, 2.45) is 10.8 Å². The molecule has 3 aromatic carbocycles. The smallest absolute Gasteiger partial charge is 0.255 e. The number of ether oxygens (including phenoxy) is 2. The summed E-state index contributed by atoms with van der Waals surface area (Å²) in [5, 5.41) is 6.94. The van der Waals surface area contributed by atoms with Gasteiger partial charge in [0.05, 0.1) is 25.3 Å². The Kier molecular flexibility index (Phi) is 9.58. The monoisotopic (exact) mass is 488 g/mol. The van der Waals surface area contributed by atoms with Crippen molar-refractivity contribution < 1.29 is 23.9 Å². The fourth-order valence-corrected chi connectivity index (χ4v) is 3.32. The maximum atomic E-state index is 12.7. The van der Waals surface area contributed by atoms with E-state index in [1.807, 2.05) is 43.3 Å². The molecule has 0 aliphatic rings. The molecule has 0 aromatic heterocycles. The number of nitrogens with one attached hydrogen (secondary N) is 2. The average molecular weight is 489 g/mol. The van der Waals surface area contributed by atoms with Crippen molar-refractivity contribution in [3.8, 4) is 11.5 Å². The second kappa shape index (κ2) is 13.3. The second-order valence-corrected chi connectivity index (χ2v) is 7.69. The molecule has 0 unspecified atom stereocenters. The van der Waals surface area contributed by atoms with E-state index < -0.39 is 11.9 Å². The lowest BCUT2D eigenvalue weighted by molar-refractivity contribution is -0.121. The first-order valence-electron chi connectivity index (χ1n) is 11.4. The standard InChI is InChI=1S/C27H28N4O5/c1-2-35-24-15-19(13-14-23(24)36-18-25(28)32)17-29-31-26(33)16-22(20-9-5-3-6-10-20)30-27(34)21-11-7-4-8-12-21/h3-15,17,22H,2,16,18H2,1H3,(H2,28,32)(H,30,34)(H,31,33)/b29-17-/t22-/m0/s1. The van der Waals surface area contributed by atoms with Gasteiger partial charge in [-0.1, -0.05) is 48.5 Å². The van der Waals surface area contributed by atoms with Crippen LogP contribution < -0.4 is 25.9 Å². The third kappa shape index (κ3) is 7.98. The Labute approximate surface area is 209 Å². The molecule has 4 N–H and O–H groups in total. The third-order valence-corrected chi connectivity index (χ3v) is 4.97. The second-order valence-electron chi connectivity index (χ2n) is 7.69. The van der Waals surface area contributed by atoms with Gasteiger partial charge >= 0.3 is 0 Å². The van der Waals surface area contributed by atoms with Crippen LogP contribution in [0.1, 0.15) is 40.9 Å². The van der Waals surface area contributed by atoms with E-state index in [1.54, 1.807) is 42.5 Å². The van der Waals surface area contributed by atoms with Crippen molar-refractivity contribution in [2.75, 3.05) is 13.2 Å². The molecule has 0 bridgehead atoms. The molecule has 1 atom stereocenters. The van der Waals surface area contributed by atoms with Crippen LogP contribution in [0.2, 0.25) is 0 Å². The Hall–Kier alpha value is -4.66. The zero-order valence-corrected chi connectivity index (χ0v) is 19.8. The summed E-state index contributed by atoms with van der Waals surface area (Å²) in [7, 11) is 0. The molecule has 3 rings (SSSR count). The lowest BCUT2D eigenvalue weighted by atomic mass is 10.0. The molecule has 0 aliphatic heterocycles. The predicted octanol–water partition coefficient (Wildman–Crippen LogP) is 2.96. The summed E-state index contributed by atoms with van der Waals surface area (Å²) in [6.07, 6.45) is 1.45. The van der Waals surface area contributed by atoms with Crippen LogP contribution >= 0.6 is 0 Å². The number of nitrogens with two attached hydrogens (primary N) is 1. The molecular formula is C27H28N4O5. The number of hydrogen-bond donors (Lipinski definition) is 3. The van der Waals surface area contributed by atoms with Gasteiger partial charge in [-0.05, 0) is 48.4 Å². The molecular weight excluding hydrogens is 460 g/mol. The number of benzene rings is 3. The normalized spacial score (nSPS) is 11.5. The molecule has 186 valence electrons. The minimum atomic E-state index is -0.598. The molecule has 0 spiro atoms. The van der Waals surface area contributed by atoms with E-state index in [0.29, 0.717) is 29.2 Å². The number of nitrogens with zero attached hydrogens (tertiary/aromatic N) is 1. The van der Waals surface area contributed by atoms with Crippen LogP contribution in [0, 0.1) is 0 Å². The SMILES string of the molecule is CCOc1cc(/C=N\NC(=O)C[C@H](NC(=O)c2ccccc2)c2ccccc2)ccc1OCC(N)=O. The number of carbonyl (C=O) groups excluding carboxylic acids is 3. The summed E-state index contributed by atoms with van der Waals surface area (Å²) in [4.78, 5) is 36.3. The van der Waals surface area contributed by atoms with Crippen LogP contribution in [0.3, 0.4) is 0 Å². The van der Waals surface area contributed by atoms with Gasteiger partial charge in [-0.25, -0.2) is 5.43 Å². The highest BCUT2D eigenvalue weighted by Gasteiger charge is 2.19. The average Bonchev–Trinajstić information content (AvgIpc) is 2.89. The third-order valence-electron chi connectivity index (χ3n) is 4.97. The molecule has 0 radical (unpaired) electrons. The fraction of sp³-hybridized carbons (Fsp3) is 0.185. The van der Waals surface area contributed by atoms with Crippen molar-refractivity contribution in [2.45, 2.75) is 19.4 Å². The lowest BCUT2D eigenvalue weighted by Gasteiger charge is -2.18. The molecule has 0 heterocycles. The molecule has 3 aromatic rings. The number of hydrogen-bond acceptors (Lipinski definition) is 6. The lowest BCUT2D eigenvalue weighted by Crippen LogP contribution is -2.32. The van der Waals surface area contributed by atoms with Crippen LogP contribution in [-0.2, 0) is 9.59 Å². The number of carbonyl (C=O) groups is 3. The molecule has 0 saturated heterocycles. The highest BCUT2D eigenvalue weighted by Crippen LogP contribution is 2.28. The van der Waals surface area contributed by atoms with Gasteiger partial charge in [0.25, 0.3) is 11.8 Å². The Morgan fingerprint density at radius 3 is 2.31 bits per heavy atom. The zero-order chi connectivity index (χ0) is 25.8. The van der Waals surface area contributed by atoms with Crippen molar-refractivity contribution in [3.63, 3.8) is 0 Å². The van der Waals surface area contributed by atoms with E-state index in [9.17, 15) is 14.4 Å². The van der Waals surface area contributed by atoms with Gasteiger partial charge in [0, 0.05) is 5.56 Å². The summed E-state index contributed by atoms with van der Waals surface area (Å²) < 4.78 is 10.9. The first-order valence-corrected chi connectivity index (χ1v) is 11.4. The van der Waals surface area contributed by atoms with Gasteiger partial charge in [0.15, 0.2) is 18.1 Å². The van der Waals surface area contributed by atoms with E-state index in [-0.39, 0.29) is 24.8 Å². The summed E-state index contributed by atoms with van der Waals surface area (Å²) in [6.45, 7) is 1.94. The molecule has 9 nitrogen and oxygen atoms in total. The van der Waals surface area contributed by atoms with Gasteiger partial charge in [-0.2, -0.15) is 5.10 Å². The minimum Gasteiger partial charge on any atom is -0.490 e. The Bertz CT molecular complexity index is 1200. The predicted molar refractivity (Wildman–Crippen MR) is 136 cm³/mol. The molecule has 9 heteroatoms. The topological polar surface area (TPSA) is 132 Å². The summed E-state index contributed by atoms with van der Waals surface area (Å²) in [5.41, 5.74) is 9.57. The van der Waals surface area contributed by atoms with Crippen LogP contribution in [0.4, 0.5) is 0 Å². The van der Waals surface area contributed by atoms with Crippen molar-refractivity contribution >= 4 is 23.9 Å². The molecule has 3 amide bonds. The van der Waals surface area contributed by atoms with E-state index in [0.717, 1.165) is 5.56 Å². The summed E-state index contributed by atoms with van der Waals surface area (Å²) >= 11 is 0. The van der Waals surface area contributed by atoms with Crippen LogP contribution in [0.25, 0.3) is 0 Å². The number of primary amides is 1. The quantitative estimate of drug-likeness (QED) is 0.266. The minimum absolute atomic E-state index is 0.00990. The number of amides is 3. The molecule has 0 aliphatic carbocycles. The number of hydrazone groups is 1. The first-order chi connectivity index (χ1) is 17.5. The Balaban J connectivity index is 1.65. The van der Waals surface area contributed by atoms with Crippen molar-refractivity contribution in [3.05, 3.63) is 95.6 Å². The molecule has 0 saturated carbocycles. The van der Waals surface area contributed by atoms with Crippen LogP contribution in [-0.4, -0.2) is 37.1 Å².